The Kier molecular flexibility index (Phi) is 9.31. The Balaban J connectivity index is 0.000000187. The molecule has 1 rings (SSSR count). The summed E-state index contributed by atoms with van der Waals surface area (Å²) in [6, 6.07) is 5.72. The molecule has 0 amide bonds. The van der Waals surface area contributed by atoms with Gasteiger partial charge in [0.05, 0.1) is 0 Å². The van der Waals surface area contributed by atoms with E-state index >= 15 is 0 Å². The van der Waals surface area contributed by atoms with Gasteiger partial charge in [-0.25, -0.2) is 0 Å². The molecule has 2 heteroatoms. The summed E-state index contributed by atoms with van der Waals surface area (Å²) in [5.41, 5.74) is 0. The summed E-state index contributed by atoms with van der Waals surface area (Å²) >= 11 is 3.31. The first-order valence-corrected chi connectivity index (χ1v) is 4.95. The Labute approximate surface area is 77.0 Å². The molecule has 1 aromatic heterocycles. The fourth-order valence-electron chi connectivity index (χ4n) is 0.446. The number of nitrogens with zero attached hydrogens (tertiary/aromatic N) is 1. The molecular formula is C9H14BrN. The molecule has 0 saturated heterocycles. The molecule has 0 N–H and O–H groups in total. The van der Waals surface area contributed by atoms with Crippen LogP contribution < -0.4 is 0 Å². The molecule has 0 aromatic carbocycles. The third-order valence-corrected chi connectivity index (χ3v) is 1.61. The summed E-state index contributed by atoms with van der Waals surface area (Å²) in [6.45, 7) is 2.18. The molecule has 0 atom stereocenters. The van der Waals surface area contributed by atoms with E-state index in [9.17, 15) is 0 Å². The topological polar surface area (TPSA) is 12.9 Å². The van der Waals surface area contributed by atoms with E-state index in [4.69, 9.17) is 0 Å². The summed E-state index contributed by atoms with van der Waals surface area (Å²) in [5, 5.41) is 1.16. The summed E-state index contributed by atoms with van der Waals surface area (Å²) in [4.78, 5) is 3.78. The molecule has 0 aliphatic heterocycles. The third-order valence-electron chi connectivity index (χ3n) is 1.05. The van der Waals surface area contributed by atoms with Crippen molar-refractivity contribution in [2.24, 2.45) is 0 Å². The van der Waals surface area contributed by atoms with Gasteiger partial charge in [0, 0.05) is 17.7 Å². The second kappa shape index (κ2) is 9.63. The number of hydrogen-bond acceptors (Lipinski definition) is 1. The highest BCUT2D eigenvalue weighted by molar-refractivity contribution is 9.09. The van der Waals surface area contributed by atoms with E-state index in [0.29, 0.717) is 0 Å². The summed E-state index contributed by atoms with van der Waals surface area (Å²) in [5.74, 6) is 0. The number of halogens is 1. The van der Waals surface area contributed by atoms with E-state index in [-0.39, 0.29) is 0 Å². The van der Waals surface area contributed by atoms with Crippen molar-refractivity contribution < 1.29 is 0 Å². The van der Waals surface area contributed by atoms with Gasteiger partial charge >= 0.3 is 0 Å². The molecule has 1 heterocycles. The molecule has 0 unspecified atom stereocenters. The van der Waals surface area contributed by atoms with Crippen molar-refractivity contribution in [1.29, 1.82) is 0 Å². The maximum absolute atomic E-state index is 3.78. The van der Waals surface area contributed by atoms with Crippen LogP contribution in [0.15, 0.2) is 30.6 Å². The molecular weight excluding hydrogens is 202 g/mol. The van der Waals surface area contributed by atoms with E-state index in [1.165, 1.54) is 12.8 Å². The summed E-state index contributed by atoms with van der Waals surface area (Å²) in [6.07, 6.45) is 6.10. The van der Waals surface area contributed by atoms with Gasteiger partial charge in [-0.2, -0.15) is 0 Å². The average molecular weight is 216 g/mol. The lowest BCUT2D eigenvalue weighted by molar-refractivity contribution is 0.902. The molecule has 0 saturated carbocycles. The van der Waals surface area contributed by atoms with Crippen LogP contribution in [0.1, 0.15) is 19.8 Å². The quantitative estimate of drug-likeness (QED) is 0.691. The second-order valence-electron chi connectivity index (χ2n) is 2.07. The lowest BCUT2D eigenvalue weighted by Gasteiger charge is -1.77. The first kappa shape index (κ1) is 10.6. The number of alkyl halides is 1. The van der Waals surface area contributed by atoms with Crippen molar-refractivity contribution in [2.75, 3.05) is 5.33 Å². The SMILES string of the molecule is CCCCBr.c1ccncc1. The maximum atomic E-state index is 3.78. The number of aromatic nitrogens is 1. The molecule has 0 aliphatic carbocycles. The Morgan fingerprint density at radius 3 is 1.91 bits per heavy atom. The highest BCUT2D eigenvalue weighted by atomic mass is 79.9. The summed E-state index contributed by atoms with van der Waals surface area (Å²) in [7, 11) is 0. The number of hydrogen-bond donors (Lipinski definition) is 0. The Hall–Kier alpha value is -0.370. The lowest BCUT2D eigenvalue weighted by Crippen LogP contribution is -1.64. The largest absolute Gasteiger partial charge is 0.265 e. The van der Waals surface area contributed by atoms with Crippen LogP contribution in [0.5, 0.6) is 0 Å². The molecule has 0 aliphatic rings. The van der Waals surface area contributed by atoms with Crippen LogP contribution in [-0.4, -0.2) is 10.3 Å². The van der Waals surface area contributed by atoms with Gasteiger partial charge in [-0.15, -0.1) is 0 Å². The minimum absolute atomic E-state index is 1.16. The van der Waals surface area contributed by atoms with Crippen LogP contribution in [0.3, 0.4) is 0 Å². The minimum Gasteiger partial charge on any atom is -0.265 e. The van der Waals surface area contributed by atoms with Crippen molar-refractivity contribution >= 4 is 15.9 Å². The Morgan fingerprint density at radius 2 is 1.82 bits per heavy atom. The molecule has 1 aromatic rings. The van der Waals surface area contributed by atoms with Crippen molar-refractivity contribution in [3.8, 4) is 0 Å². The predicted octanol–water partition coefficient (Wildman–Crippen LogP) is 3.26. The zero-order chi connectivity index (χ0) is 8.36. The van der Waals surface area contributed by atoms with Crippen LogP contribution >= 0.6 is 15.9 Å². The summed E-state index contributed by atoms with van der Waals surface area (Å²) < 4.78 is 0. The molecule has 0 radical (unpaired) electrons. The standard InChI is InChI=1S/C5H5N.C4H9Br/c1-2-4-6-5-3-1;1-2-3-4-5/h1-5H;2-4H2,1H3. The molecule has 0 fully saturated rings. The van der Waals surface area contributed by atoms with Crippen molar-refractivity contribution in [2.45, 2.75) is 19.8 Å². The van der Waals surface area contributed by atoms with Crippen LogP contribution in [0, 0.1) is 0 Å². The minimum atomic E-state index is 1.16. The van der Waals surface area contributed by atoms with Crippen LogP contribution in [-0.2, 0) is 0 Å². The maximum Gasteiger partial charge on any atom is 0.0267 e. The van der Waals surface area contributed by atoms with E-state index in [0.717, 1.165) is 5.33 Å². The van der Waals surface area contributed by atoms with Crippen molar-refractivity contribution in [3.05, 3.63) is 30.6 Å². The predicted molar refractivity (Wildman–Crippen MR) is 52.9 cm³/mol. The molecule has 1 nitrogen and oxygen atoms in total. The first-order chi connectivity index (χ1) is 5.41. The van der Waals surface area contributed by atoms with Gasteiger partial charge in [0.2, 0.25) is 0 Å². The Morgan fingerprint density at radius 1 is 1.18 bits per heavy atom. The van der Waals surface area contributed by atoms with Crippen LogP contribution in [0.4, 0.5) is 0 Å². The zero-order valence-corrected chi connectivity index (χ0v) is 8.42. The van der Waals surface area contributed by atoms with Gasteiger partial charge in [0.1, 0.15) is 0 Å². The Bertz CT molecular complexity index is 113. The monoisotopic (exact) mass is 215 g/mol. The van der Waals surface area contributed by atoms with Crippen LogP contribution in [0.25, 0.3) is 0 Å². The number of rotatable bonds is 2. The number of pyridine rings is 1. The third kappa shape index (κ3) is 9.63. The molecule has 11 heavy (non-hydrogen) atoms. The van der Waals surface area contributed by atoms with Gasteiger partial charge in [0.25, 0.3) is 0 Å². The molecule has 62 valence electrons. The van der Waals surface area contributed by atoms with Gasteiger partial charge in [-0.3, -0.25) is 4.98 Å². The zero-order valence-electron chi connectivity index (χ0n) is 6.83. The van der Waals surface area contributed by atoms with Gasteiger partial charge in [-0.1, -0.05) is 35.3 Å². The first-order valence-electron chi connectivity index (χ1n) is 3.82. The smallest absolute Gasteiger partial charge is 0.0267 e. The highest BCUT2D eigenvalue weighted by Crippen LogP contribution is 1.89. The normalized spacial score (nSPS) is 8.18. The van der Waals surface area contributed by atoms with E-state index in [1.54, 1.807) is 12.4 Å². The molecule has 0 bridgehead atoms. The van der Waals surface area contributed by atoms with E-state index in [2.05, 4.69) is 27.8 Å². The van der Waals surface area contributed by atoms with Crippen LogP contribution in [0.2, 0.25) is 0 Å². The highest BCUT2D eigenvalue weighted by Gasteiger charge is 1.69. The van der Waals surface area contributed by atoms with Gasteiger partial charge in [-0.05, 0) is 18.6 Å². The van der Waals surface area contributed by atoms with Gasteiger partial charge < -0.3 is 0 Å². The van der Waals surface area contributed by atoms with E-state index < -0.39 is 0 Å². The van der Waals surface area contributed by atoms with Gasteiger partial charge in [0.15, 0.2) is 0 Å². The fraction of sp³-hybridized carbons (Fsp3) is 0.444. The lowest BCUT2D eigenvalue weighted by atomic mass is 10.4. The fourth-order valence-corrected chi connectivity index (χ4v) is 1.01. The van der Waals surface area contributed by atoms with Crippen molar-refractivity contribution in [1.82, 2.24) is 4.98 Å². The average Bonchev–Trinajstić information content (AvgIpc) is 2.10. The molecule has 0 spiro atoms. The number of unbranched alkanes of at least 4 members (excludes halogenated alkanes) is 1. The van der Waals surface area contributed by atoms with E-state index in [1.807, 2.05) is 18.2 Å². The van der Waals surface area contributed by atoms with Crippen molar-refractivity contribution in [3.63, 3.8) is 0 Å². The second-order valence-corrected chi connectivity index (χ2v) is 2.86.